The summed E-state index contributed by atoms with van der Waals surface area (Å²) in [6.07, 6.45) is 1.47. The first-order chi connectivity index (χ1) is 8.20. The summed E-state index contributed by atoms with van der Waals surface area (Å²) in [6.45, 7) is 0.0357. The van der Waals surface area contributed by atoms with Crippen molar-refractivity contribution >= 4 is 17.6 Å². The van der Waals surface area contributed by atoms with Crippen LogP contribution in [0, 0.1) is 0 Å². The monoisotopic (exact) mass is 251 g/mol. The van der Waals surface area contributed by atoms with Crippen molar-refractivity contribution in [3.8, 4) is 11.4 Å². The number of hydrogen-bond donors (Lipinski definition) is 0. The van der Waals surface area contributed by atoms with Gasteiger partial charge in [-0.2, -0.15) is 5.10 Å². The highest BCUT2D eigenvalue weighted by atomic mass is 35.5. The number of carbonyl (C=O) groups excluding carboxylic acids is 1. The number of nitrogens with zero attached hydrogens (tertiary/aromatic N) is 3. The zero-order valence-electron chi connectivity index (χ0n) is 9.13. The Morgan fingerprint density at radius 2 is 2.24 bits per heavy atom. The summed E-state index contributed by atoms with van der Waals surface area (Å²) in [7, 11) is 1.33. The van der Waals surface area contributed by atoms with Crippen LogP contribution in [-0.4, -0.2) is 27.8 Å². The molecule has 1 aromatic heterocycles. The van der Waals surface area contributed by atoms with E-state index in [1.165, 1.54) is 18.1 Å². The SMILES string of the molecule is COC(=O)Cn1cnc(-c2ccccc2Cl)n1. The number of halogens is 1. The lowest BCUT2D eigenvalue weighted by Crippen LogP contribution is -2.11. The van der Waals surface area contributed by atoms with Crippen LogP contribution in [0.2, 0.25) is 5.02 Å². The maximum absolute atomic E-state index is 11.1. The summed E-state index contributed by atoms with van der Waals surface area (Å²) in [5, 5.41) is 4.72. The van der Waals surface area contributed by atoms with Crippen molar-refractivity contribution in [2.45, 2.75) is 6.54 Å². The van der Waals surface area contributed by atoms with Gasteiger partial charge in [0.05, 0.1) is 12.1 Å². The van der Waals surface area contributed by atoms with Crippen LogP contribution in [0.15, 0.2) is 30.6 Å². The maximum Gasteiger partial charge on any atom is 0.327 e. The van der Waals surface area contributed by atoms with Gasteiger partial charge in [-0.15, -0.1) is 0 Å². The molecule has 5 nitrogen and oxygen atoms in total. The van der Waals surface area contributed by atoms with Gasteiger partial charge in [-0.25, -0.2) is 9.67 Å². The van der Waals surface area contributed by atoms with E-state index in [0.29, 0.717) is 10.8 Å². The lowest BCUT2D eigenvalue weighted by Gasteiger charge is -1.99. The molecule has 2 aromatic rings. The molecule has 0 fully saturated rings. The van der Waals surface area contributed by atoms with Crippen molar-refractivity contribution in [2.75, 3.05) is 7.11 Å². The molecule has 0 N–H and O–H groups in total. The van der Waals surface area contributed by atoms with Crippen LogP contribution in [0.5, 0.6) is 0 Å². The first-order valence-electron chi connectivity index (χ1n) is 4.92. The van der Waals surface area contributed by atoms with Crippen molar-refractivity contribution in [3.05, 3.63) is 35.6 Å². The second-order valence-corrected chi connectivity index (χ2v) is 3.73. The topological polar surface area (TPSA) is 57.0 Å². The van der Waals surface area contributed by atoms with Crippen molar-refractivity contribution < 1.29 is 9.53 Å². The van der Waals surface area contributed by atoms with Gasteiger partial charge in [0.25, 0.3) is 0 Å². The van der Waals surface area contributed by atoms with Crippen LogP contribution >= 0.6 is 11.6 Å². The van der Waals surface area contributed by atoms with Crippen LogP contribution in [0.4, 0.5) is 0 Å². The van der Waals surface area contributed by atoms with Gasteiger partial charge in [0.15, 0.2) is 5.82 Å². The molecule has 88 valence electrons. The molecule has 0 saturated carbocycles. The highest BCUT2D eigenvalue weighted by Gasteiger charge is 2.09. The molecule has 0 saturated heterocycles. The molecule has 0 amide bonds. The summed E-state index contributed by atoms with van der Waals surface area (Å²) in [5.74, 6) is 0.111. The Labute approximate surface area is 103 Å². The second-order valence-electron chi connectivity index (χ2n) is 3.32. The molecule has 0 aliphatic rings. The van der Waals surface area contributed by atoms with Crippen LogP contribution in [-0.2, 0) is 16.1 Å². The molecule has 0 spiro atoms. The maximum atomic E-state index is 11.1. The third-order valence-electron chi connectivity index (χ3n) is 2.17. The van der Waals surface area contributed by atoms with Crippen LogP contribution in [0.1, 0.15) is 0 Å². The number of hydrogen-bond acceptors (Lipinski definition) is 4. The van der Waals surface area contributed by atoms with Crippen molar-refractivity contribution in [2.24, 2.45) is 0 Å². The van der Waals surface area contributed by atoms with Gasteiger partial charge in [-0.05, 0) is 12.1 Å². The van der Waals surface area contributed by atoms with Gasteiger partial charge >= 0.3 is 5.97 Å². The first kappa shape index (κ1) is 11.6. The molecular formula is C11H10ClN3O2. The number of aromatic nitrogens is 3. The summed E-state index contributed by atoms with van der Waals surface area (Å²) in [4.78, 5) is 15.2. The highest BCUT2D eigenvalue weighted by molar-refractivity contribution is 6.33. The van der Waals surface area contributed by atoms with Crippen molar-refractivity contribution in [3.63, 3.8) is 0 Å². The van der Waals surface area contributed by atoms with E-state index in [0.717, 1.165) is 5.56 Å². The quantitative estimate of drug-likeness (QED) is 0.780. The predicted molar refractivity (Wildman–Crippen MR) is 62.5 cm³/mol. The zero-order valence-corrected chi connectivity index (χ0v) is 9.89. The largest absolute Gasteiger partial charge is 0.468 e. The Morgan fingerprint density at radius 3 is 2.94 bits per heavy atom. The van der Waals surface area contributed by atoms with Crippen LogP contribution < -0.4 is 0 Å². The minimum absolute atomic E-state index is 0.0357. The average molecular weight is 252 g/mol. The van der Waals surface area contributed by atoms with E-state index in [-0.39, 0.29) is 12.5 Å². The molecule has 0 aliphatic heterocycles. The number of carbonyl (C=O) groups is 1. The van der Waals surface area contributed by atoms with Gasteiger partial charge < -0.3 is 4.74 Å². The number of ether oxygens (including phenoxy) is 1. The van der Waals surface area contributed by atoms with E-state index in [1.807, 2.05) is 18.2 Å². The van der Waals surface area contributed by atoms with Crippen molar-refractivity contribution in [1.29, 1.82) is 0 Å². The van der Waals surface area contributed by atoms with Crippen LogP contribution in [0.25, 0.3) is 11.4 Å². The number of benzene rings is 1. The summed E-state index contributed by atoms with van der Waals surface area (Å²) in [5.41, 5.74) is 0.734. The standard InChI is InChI=1S/C11H10ClN3O2/c1-17-10(16)6-15-7-13-11(14-15)8-4-2-3-5-9(8)12/h2-5,7H,6H2,1H3. The fraction of sp³-hybridized carbons (Fsp3) is 0.182. The highest BCUT2D eigenvalue weighted by Crippen LogP contribution is 2.23. The minimum Gasteiger partial charge on any atom is -0.468 e. The predicted octanol–water partition coefficient (Wildman–Crippen LogP) is 1.77. The summed E-state index contributed by atoms with van der Waals surface area (Å²) >= 11 is 6.02. The smallest absolute Gasteiger partial charge is 0.327 e. The Kier molecular flexibility index (Phi) is 3.39. The second kappa shape index (κ2) is 4.97. The van der Waals surface area contributed by atoms with Crippen molar-refractivity contribution in [1.82, 2.24) is 14.8 Å². The fourth-order valence-corrected chi connectivity index (χ4v) is 1.55. The van der Waals surface area contributed by atoms with Gasteiger partial charge in [0.2, 0.25) is 0 Å². The Balaban J connectivity index is 2.24. The first-order valence-corrected chi connectivity index (χ1v) is 5.29. The molecule has 1 heterocycles. The lowest BCUT2D eigenvalue weighted by atomic mass is 10.2. The molecule has 0 aliphatic carbocycles. The molecule has 0 bridgehead atoms. The molecule has 6 heteroatoms. The van der Waals surface area contributed by atoms with E-state index in [4.69, 9.17) is 11.6 Å². The summed E-state index contributed by atoms with van der Waals surface area (Å²) < 4.78 is 5.95. The Hall–Kier alpha value is -1.88. The molecule has 0 atom stereocenters. The number of esters is 1. The van der Waals surface area contributed by atoms with Gasteiger partial charge in [-0.3, -0.25) is 4.79 Å². The lowest BCUT2D eigenvalue weighted by molar-refractivity contribution is -0.141. The average Bonchev–Trinajstić information content (AvgIpc) is 2.78. The molecule has 2 rings (SSSR count). The van der Waals surface area contributed by atoms with Crippen LogP contribution in [0.3, 0.4) is 0 Å². The summed E-state index contributed by atoms with van der Waals surface area (Å²) in [6, 6.07) is 7.26. The fourth-order valence-electron chi connectivity index (χ4n) is 1.33. The Morgan fingerprint density at radius 1 is 1.47 bits per heavy atom. The Bertz CT molecular complexity index is 539. The number of rotatable bonds is 3. The third-order valence-corrected chi connectivity index (χ3v) is 2.50. The molecular weight excluding hydrogens is 242 g/mol. The van der Waals surface area contributed by atoms with Gasteiger partial charge in [0, 0.05) is 5.56 Å². The number of methoxy groups -OCH3 is 1. The molecule has 0 radical (unpaired) electrons. The van der Waals surface area contributed by atoms with E-state index >= 15 is 0 Å². The molecule has 1 aromatic carbocycles. The van der Waals surface area contributed by atoms with Gasteiger partial charge in [-0.1, -0.05) is 23.7 Å². The normalized spacial score (nSPS) is 10.2. The molecule has 17 heavy (non-hydrogen) atoms. The van der Waals surface area contributed by atoms with E-state index in [9.17, 15) is 4.79 Å². The van der Waals surface area contributed by atoms with E-state index in [2.05, 4.69) is 14.8 Å². The van der Waals surface area contributed by atoms with Gasteiger partial charge in [0.1, 0.15) is 12.9 Å². The third kappa shape index (κ3) is 2.62. The van der Waals surface area contributed by atoms with E-state index in [1.54, 1.807) is 6.07 Å². The van der Waals surface area contributed by atoms with E-state index < -0.39 is 0 Å². The molecule has 0 unspecified atom stereocenters. The minimum atomic E-state index is -0.374. The zero-order chi connectivity index (χ0) is 12.3.